The molecule has 3 aliphatic heterocycles. The molecule has 6 aliphatic carbocycles. The second kappa shape index (κ2) is 14.3. The van der Waals surface area contributed by atoms with Crippen molar-refractivity contribution >= 4 is 82.5 Å². The molecule has 4 heteroatoms. The number of benzene rings is 8. The van der Waals surface area contributed by atoms with E-state index in [1.54, 1.807) is 11.1 Å². The van der Waals surface area contributed by atoms with Crippen molar-refractivity contribution in [3.8, 4) is 16.8 Å². The summed E-state index contributed by atoms with van der Waals surface area (Å²) in [6, 6.07) is 65.5. The van der Waals surface area contributed by atoms with Crippen LogP contribution in [0, 0.1) is 29.6 Å². The van der Waals surface area contributed by atoms with Crippen molar-refractivity contribution in [2.45, 2.75) is 100 Å². The van der Waals surface area contributed by atoms with E-state index in [-0.39, 0.29) is 17.7 Å². The van der Waals surface area contributed by atoms with Crippen molar-refractivity contribution in [2.24, 2.45) is 29.6 Å². The Kier molecular flexibility index (Phi) is 8.02. The van der Waals surface area contributed by atoms with E-state index >= 15 is 0 Å². The highest BCUT2D eigenvalue weighted by Crippen LogP contribution is 2.64. The maximum Gasteiger partial charge on any atom is 0.333 e. The van der Waals surface area contributed by atoms with E-state index in [1.807, 2.05) is 11.3 Å². The van der Waals surface area contributed by atoms with Gasteiger partial charge >= 0.3 is 6.85 Å². The molecule has 8 aromatic carbocycles. The largest absolute Gasteiger partial charge is 0.376 e. The highest BCUT2D eigenvalue weighted by Gasteiger charge is 2.56. The van der Waals surface area contributed by atoms with Gasteiger partial charge in [0.2, 0.25) is 0 Å². The van der Waals surface area contributed by atoms with E-state index in [1.165, 1.54) is 180 Å². The Hall–Kier alpha value is -6.36. The predicted octanol–water partition coefficient (Wildman–Crippen LogP) is 16.4. The number of para-hydroxylation sites is 2. The van der Waals surface area contributed by atoms with Crippen LogP contribution in [0.3, 0.4) is 0 Å². The summed E-state index contributed by atoms with van der Waals surface area (Å²) >= 11 is 2.01. The van der Waals surface area contributed by atoms with Gasteiger partial charge in [-0.2, -0.15) is 0 Å². The molecule has 2 unspecified atom stereocenters. The van der Waals surface area contributed by atoms with Crippen molar-refractivity contribution in [3.63, 3.8) is 0 Å². The molecular formula is C69H59BN2S. The Morgan fingerprint density at radius 1 is 0.534 bits per heavy atom. The van der Waals surface area contributed by atoms with E-state index in [4.69, 9.17) is 0 Å². The first-order valence-electron chi connectivity index (χ1n) is 28.3. The van der Waals surface area contributed by atoms with Crippen molar-refractivity contribution in [1.82, 2.24) is 4.57 Å². The highest BCUT2D eigenvalue weighted by atomic mass is 32.1. The number of rotatable bonds is 5. The first kappa shape index (κ1) is 41.0. The summed E-state index contributed by atoms with van der Waals surface area (Å²) in [6.07, 6.45) is 16.7. The third-order valence-corrected chi connectivity index (χ3v) is 22.7. The number of hydrogen-bond acceptors (Lipinski definition) is 2. The smallest absolute Gasteiger partial charge is 0.333 e. The quantitative estimate of drug-likeness (QED) is 0.156. The summed E-state index contributed by atoms with van der Waals surface area (Å²) in [4.78, 5) is 2.89. The predicted molar refractivity (Wildman–Crippen MR) is 306 cm³/mol. The molecule has 5 heterocycles. The number of hydrogen-bond donors (Lipinski definition) is 0. The average molecular weight is 959 g/mol. The van der Waals surface area contributed by atoms with Crippen LogP contribution in [0.1, 0.15) is 117 Å². The van der Waals surface area contributed by atoms with Gasteiger partial charge in [0.25, 0.3) is 0 Å². The van der Waals surface area contributed by atoms with E-state index in [9.17, 15) is 0 Å². The van der Waals surface area contributed by atoms with Crippen LogP contribution in [0.25, 0.3) is 58.8 Å². The molecule has 354 valence electrons. The minimum absolute atomic E-state index is 0.0254. The topological polar surface area (TPSA) is 8.17 Å². The van der Waals surface area contributed by atoms with E-state index < -0.39 is 5.41 Å². The summed E-state index contributed by atoms with van der Waals surface area (Å²) in [5.41, 5.74) is 21.3. The van der Waals surface area contributed by atoms with Gasteiger partial charge in [0.15, 0.2) is 0 Å². The van der Waals surface area contributed by atoms with Crippen molar-refractivity contribution < 1.29 is 0 Å². The van der Waals surface area contributed by atoms with Crippen molar-refractivity contribution in [1.29, 1.82) is 0 Å². The van der Waals surface area contributed by atoms with Crippen LogP contribution in [0.4, 0.5) is 11.4 Å². The summed E-state index contributed by atoms with van der Waals surface area (Å²) < 4.78 is 5.60. The maximum absolute atomic E-state index is 2.89. The molecule has 2 aromatic heterocycles. The van der Waals surface area contributed by atoms with Crippen LogP contribution >= 0.6 is 11.3 Å². The average Bonchev–Trinajstić information content (AvgIpc) is 4.14. The van der Waals surface area contributed by atoms with Gasteiger partial charge in [-0.25, -0.2) is 0 Å². The molecule has 2 atom stereocenters. The third-order valence-electron chi connectivity index (χ3n) is 21.5. The van der Waals surface area contributed by atoms with E-state index in [0.717, 1.165) is 29.6 Å². The number of anilines is 2. The number of thiophene rings is 1. The third kappa shape index (κ3) is 5.13. The summed E-state index contributed by atoms with van der Waals surface area (Å²) in [6.45, 7) is 2.49. The Balaban J connectivity index is 1.01. The lowest BCUT2D eigenvalue weighted by atomic mass is 9.41. The highest BCUT2D eigenvalue weighted by molar-refractivity contribution is 7.26. The molecule has 6 saturated carbocycles. The molecule has 6 fully saturated rings. The maximum atomic E-state index is 2.89. The number of nitrogens with zero attached hydrogens (tertiary/aromatic N) is 2. The van der Waals surface area contributed by atoms with Gasteiger partial charge in [-0.15, -0.1) is 11.3 Å². The fourth-order valence-corrected chi connectivity index (χ4v) is 20.5. The molecule has 9 aliphatic rings. The summed E-state index contributed by atoms with van der Waals surface area (Å²) in [5.74, 6) is 4.36. The van der Waals surface area contributed by atoms with Crippen LogP contribution in [0.15, 0.2) is 164 Å². The molecule has 0 spiro atoms. The fourth-order valence-electron chi connectivity index (χ4n) is 19.2. The molecule has 0 N–H and O–H groups in total. The van der Waals surface area contributed by atoms with Gasteiger partial charge in [-0.3, -0.25) is 0 Å². The van der Waals surface area contributed by atoms with Crippen LogP contribution in [0.5, 0.6) is 0 Å². The molecule has 0 amide bonds. The van der Waals surface area contributed by atoms with Gasteiger partial charge in [0.05, 0.1) is 16.4 Å². The van der Waals surface area contributed by atoms with E-state index in [0.29, 0.717) is 0 Å². The molecular weight excluding hydrogens is 900 g/mol. The van der Waals surface area contributed by atoms with Gasteiger partial charge in [-0.05, 0) is 185 Å². The lowest BCUT2D eigenvalue weighted by molar-refractivity contribution is -0.00509. The molecule has 2 nitrogen and oxygen atoms in total. The second-order valence-corrected chi connectivity index (χ2v) is 26.0. The number of fused-ring (bicyclic) bond motifs is 15. The first-order chi connectivity index (χ1) is 36.0. The molecule has 10 aromatic rings. The minimum atomic E-state index is -0.542. The second-order valence-electron chi connectivity index (χ2n) is 24.9. The zero-order valence-electron chi connectivity index (χ0n) is 41.8. The van der Waals surface area contributed by atoms with Crippen LogP contribution in [0.2, 0.25) is 0 Å². The fraction of sp³-hybridized carbons (Fsp3) is 0.304. The Labute approximate surface area is 433 Å². The zero-order valence-corrected chi connectivity index (χ0v) is 42.7. The minimum Gasteiger partial charge on any atom is -0.376 e. The molecule has 6 bridgehead atoms. The summed E-state index contributed by atoms with van der Waals surface area (Å²) in [7, 11) is 0. The van der Waals surface area contributed by atoms with Crippen molar-refractivity contribution in [3.05, 3.63) is 197 Å². The molecule has 73 heavy (non-hydrogen) atoms. The van der Waals surface area contributed by atoms with Crippen molar-refractivity contribution in [2.75, 3.05) is 4.81 Å². The Bertz CT molecular complexity index is 3940. The van der Waals surface area contributed by atoms with Gasteiger partial charge in [0, 0.05) is 59.1 Å². The lowest BCUT2D eigenvalue weighted by Gasteiger charge is -2.57. The normalized spacial score (nSPS) is 27.3. The zero-order chi connectivity index (χ0) is 47.5. The monoisotopic (exact) mass is 958 g/mol. The standard InChI is InChI=1S/C69H59BN2S/c1-2-67(36-41-24-25-42(28-41)37-67)48-26-27-58-52(32-48)53-33-49(68-38-43-29-44(39-68)31-45(30-43)40-68)34-57-65(53)71(58)60-35-54-50-18-9-12-23-61(50)73-66(54)62-51-19-13-21-56-64(51)72(70(57)63(60)62)59-22-11-10-20-55(59)69(56,46-14-5-3-6-15-46)47-16-7-4-8-17-47/h3-23,26-27,32-35,41-45H,2,24-25,28-31,36-40H2,1H3. The van der Waals surface area contributed by atoms with E-state index in [2.05, 4.69) is 180 Å². The van der Waals surface area contributed by atoms with Crippen LogP contribution in [-0.4, -0.2) is 11.4 Å². The van der Waals surface area contributed by atoms with Crippen LogP contribution < -0.4 is 15.7 Å². The molecule has 19 rings (SSSR count). The Morgan fingerprint density at radius 2 is 1.19 bits per heavy atom. The first-order valence-corrected chi connectivity index (χ1v) is 29.1. The lowest BCUT2D eigenvalue weighted by Crippen LogP contribution is -2.62. The molecule has 0 saturated heterocycles. The van der Waals surface area contributed by atoms with Gasteiger partial charge in [0.1, 0.15) is 0 Å². The van der Waals surface area contributed by atoms with Gasteiger partial charge in [-0.1, -0.05) is 147 Å². The molecule has 0 radical (unpaired) electrons. The number of aromatic nitrogens is 1. The summed E-state index contributed by atoms with van der Waals surface area (Å²) in [5, 5.41) is 5.74. The SMILES string of the molecule is CCC1(c2ccc3c(c2)c2cc(C45CC6CC(CC(C6)C4)C5)cc4c2n3-c2cc3c(sc5ccccc53)c3c2B4N2c4ccccc4C(c4ccccc4)(c4ccccc4)c4cccc-3c42)CC2CCC(C2)C1. The Morgan fingerprint density at radius 3 is 1.93 bits per heavy atom. The van der Waals surface area contributed by atoms with Gasteiger partial charge < -0.3 is 9.38 Å². The van der Waals surface area contributed by atoms with Crippen LogP contribution in [-0.2, 0) is 16.2 Å².